The molecular formula is C20H27BrN2O4. The Hall–Kier alpha value is -1.76. The largest absolute Gasteiger partial charge is 0.480 e. The van der Waals surface area contributed by atoms with E-state index in [2.05, 4.69) is 28.9 Å². The summed E-state index contributed by atoms with van der Waals surface area (Å²) in [5, 5.41) is 0. The number of ether oxygens (including phenoxy) is 2. The molecule has 0 saturated heterocycles. The predicted octanol–water partition coefficient (Wildman–Crippen LogP) is 3.92. The van der Waals surface area contributed by atoms with Gasteiger partial charge in [-0.25, -0.2) is 4.79 Å². The van der Waals surface area contributed by atoms with E-state index in [1.165, 1.54) is 0 Å². The first-order valence-corrected chi connectivity index (χ1v) is 10.3. The molecule has 6 nitrogen and oxygen atoms in total. The average molecular weight is 439 g/mol. The Morgan fingerprint density at radius 1 is 1.30 bits per heavy atom. The zero-order chi connectivity index (χ0) is 19.8. The Morgan fingerprint density at radius 3 is 2.67 bits per heavy atom. The van der Waals surface area contributed by atoms with Crippen LogP contribution in [0.2, 0.25) is 0 Å². The van der Waals surface area contributed by atoms with Gasteiger partial charge in [-0.1, -0.05) is 6.92 Å². The summed E-state index contributed by atoms with van der Waals surface area (Å²) in [4.78, 5) is 28.3. The highest BCUT2D eigenvalue weighted by Crippen LogP contribution is 2.43. The maximum atomic E-state index is 12.5. The number of hydrogen-bond acceptors (Lipinski definition) is 4. The molecule has 0 saturated carbocycles. The summed E-state index contributed by atoms with van der Waals surface area (Å²) >= 11 is 3.69. The SMILES string of the molecule is CCCN1C(=O)COc2c1cc1c(c2Br)CCN(C(=O)OC(C)(C)C)CC1. The second kappa shape index (κ2) is 7.70. The van der Waals surface area contributed by atoms with Crippen LogP contribution in [0.15, 0.2) is 10.5 Å². The molecule has 2 heterocycles. The molecule has 0 fully saturated rings. The molecule has 0 bridgehead atoms. The average Bonchev–Trinajstić information content (AvgIpc) is 2.79. The Kier molecular flexibility index (Phi) is 5.70. The standard InChI is InChI=1S/C20H27BrN2O4/c1-5-8-23-15-11-13-6-9-22(19(25)27-20(2,3)4)10-7-14(13)17(21)18(15)26-12-16(23)24/h11H,5-10,12H2,1-4H3. The minimum absolute atomic E-state index is 0.0137. The van der Waals surface area contributed by atoms with Crippen LogP contribution in [0, 0.1) is 0 Å². The number of carbonyl (C=O) groups excluding carboxylic acids is 2. The summed E-state index contributed by atoms with van der Waals surface area (Å²) < 4.78 is 12.2. The highest BCUT2D eigenvalue weighted by molar-refractivity contribution is 9.10. The van der Waals surface area contributed by atoms with Crippen molar-refractivity contribution in [1.29, 1.82) is 0 Å². The number of nitrogens with zero attached hydrogens (tertiary/aromatic N) is 2. The van der Waals surface area contributed by atoms with Crippen molar-refractivity contribution in [1.82, 2.24) is 4.90 Å². The van der Waals surface area contributed by atoms with Gasteiger partial charge in [-0.3, -0.25) is 4.79 Å². The highest BCUT2D eigenvalue weighted by Gasteiger charge is 2.31. The number of anilines is 1. The monoisotopic (exact) mass is 438 g/mol. The van der Waals surface area contributed by atoms with Crippen molar-refractivity contribution in [2.24, 2.45) is 0 Å². The molecule has 0 aromatic heterocycles. The topological polar surface area (TPSA) is 59.1 Å². The third kappa shape index (κ3) is 4.23. The summed E-state index contributed by atoms with van der Waals surface area (Å²) in [6.45, 7) is 9.60. The van der Waals surface area contributed by atoms with Gasteiger partial charge in [-0.2, -0.15) is 0 Å². The lowest BCUT2D eigenvalue weighted by Crippen LogP contribution is -2.39. The number of amides is 2. The van der Waals surface area contributed by atoms with Gasteiger partial charge < -0.3 is 19.3 Å². The number of hydrogen-bond donors (Lipinski definition) is 0. The number of carbonyl (C=O) groups is 2. The van der Waals surface area contributed by atoms with Gasteiger partial charge in [0.1, 0.15) is 5.60 Å². The predicted molar refractivity (Wildman–Crippen MR) is 107 cm³/mol. The molecule has 0 N–H and O–H groups in total. The van der Waals surface area contributed by atoms with Gasteiger partial charge in [0.25, 0.3) is 5.91 Å². The van der Waals surface area contributed by atoms with E-state index in [-0.39, 0.29) is 18.6 Å². The second-order valence-corrected chi connectivity index (χ2v) is 8.77. The van der Waals surface area contributed by atoms with Gasteiger partial charge >= 0.3 is 6.09 Å². The first-order valence-electron chi connectivity index (χ1n) is 9.46. The van der Waals surface area contributed by atoms with Gasteiger partial charge in [0, 0.05) is 19.6 Å². The minimum atomic E-state index is -0.509. The Morgan fingerprint density at radius 2 is 2.00 bits per heavy atom. The van der Waals surface area contributed by atoms with E-state index < -0.39 is 5.60 Å². The molecule has 1 aromatic rings. The summed E-state index contributed by atoms with van der Waals surface area (Å²) in [6, 6.07) is 2.06. The van der Waals surface area contributed by atoms with Crippen LogP contribution >= 0.6 is 15.9 Å². The van der Waals surface area contributed by atoms with E-state index in [1.54, 1.807) is 9.80 Å². The lowest BCUT2D eigenvalue weighted by Gasteiger charge is -2.31. The molecular weight excluding hydrogens is 412 g/mol. The first kappa shape index (κ1) is 20.0. The molecule has 0 radical (unpaired) electrons. The van der Waals surface area contributed by atoms with Crippen LogP contribution in [0.5, 0.6) is 5.75 Å². The third-order valence-corrected chi connectivity index (χ3v) is 5.55. The van der Waals surface area contributed by atoms with Gasteiger partial charge in [-0.05, 0) is 73.2 Å². The van der Waals surface area contributed by atoms with E-state index in [0.717, 1.165) is 33.5 Å². The zero-order valence-corrected chi connectivity index (χ0v) is 18.0. The highest BCUT2D eigenvalue weighted by atomic mass is 79.9. The minimum Gasteiger partial charge on any atom is -0.480 e. The fourth-order valence-corrected chi connectivity index (χ4v) is 4.25. The zero-order valence-electron chi connectivity index (χ0n) is 16.4. The van der Waals surface area contributed by atoms with Crippen molar-refractivity contribution in [3.63, 3.8) is 0 Å². The molecule has 3 rings (SSSR count). The fourth-order valence-electron chi connectivity index (χ4n) is 3.48. The molecule has 2 aliphatic rings. The van der Waals surface area contributed by atoms with Crippen LogP contribution in [-0.2, 0) is 22.4 Å². The van der Waals surface area contributed by atoms with Crippen molar-refractivity contribution in [3.8, 4) is 5.75 Å². The molecule has 27 heavy (non-hydrogen) atoms. The maximum Gasteiger partial charge on any atom is 0.410 e. The van der Waals surface area contributed by atoms with E-state index in [1.807, 2.05) is 20.8 Å². The van der Waals surface area contributed by atoms with Crippen LogP contribution in [0.4, 0.5) is 10.5 Å². The second-order valence-electron chi connectivity index (χ2n) is 7.98. The van der Waals surface area contributed by atoms with E-state index in [0.29, 0.717) is 32.5 Å². The normalized spacial score (nSPS) is 17.0. The van der Waals surface area contributed by atoms with Crippen LogP contribution in [0.1, 0.15) is 45.2 Å². The molecule has 0 unspecified atom stereocenters. The fraction of sp³-hybridized carbons (Fsp3) is 0.600. The smallest absolute Gasteiger partial charge is 0.410 e. The van der Waals surface area contributed by atoms with E-state index >= 15 is 0 Å². The van der Waals surface area contributed by atoms with Gasteiger partial charge in [0.2, 0.25) is 0 Å². The van der Waals surface area contributed by atoms with Gasteiger partial charge in [0.05, 0.1) is 10.2 Å². The van der Waals surface area contributed by atoms with Crippen LogP contribution < -0.4 is 9.64 Å². The Labute approximate surface area is 168 Å². The Balaban J connectivity index is 1.88. The Bertz CT molecular complexity index is 757. The summed E-state index contributed by atoms with van der Waals surface area (Å²) in [5.41, 5.74) is 2.60. The molecule has 0 atom stereocenters. The number of benzene rings is 1. The molecule has 1 aromatic carbocycles. The van der Waals surface area contributed by atoms with Gasteiger partial charge in [-0.15, -0.1) is 0 Å². The third-order valence-electron chi connectivity index (χ3n) is 4.71. The summed E-state index contributed by atoms with van der Waals surface area (Å²) in [5.74, 6) is 0.715. The quantitative estimate of drug-likeness (QED) is 0.701. The van der Waals surface area contributed by atoms with Crippen molar-refractivity contribution >= 4 is 33.6 Å². The molecule has 2 aliphatic heterocycles. The first-order chi connectivity index (χ1) is 12.7. The molecule has 0 spiro atoms. The molecule has 7 heteroatoms. The number of fused-ring (bicyclic) bond motifs is 2. The summed E-state index contributed by atoms with van der Waals surface area (Å²) in [6.07, 6.45) is 2.03. The van der Waals surface area contributed by atoms with Crippen molar-refractivity contribution < 1.29 is 19.1 Å². The van der Waals surface area contributed by atoms with Crippen molar-refractivity contribution in [2.75, 3.05) is 31.1 Å². The van der Waals surface area contributed by atoms with Crippen molar-refractivity contribution in [2.45, 2.75) is 52.6 Å². The molecule has 2 amide bonds. The summed E-state index contributed by atoms with van der Waals surface area (Å²) in [7, 11) is 0. The number of halogens is 1. The maximum absolute atomic E-state index is 12.5. The van der Waals surface area contributed by atoms with Crippen LogP contribution in [0.3, 0.4) is 0 Å². The van der Waals surface area contributed by atoms with Crippen molar-refractivity contribution in [3.05, 3.63) is 21.7 Å². The lowest BCUT2D eigenvalue weighted by molar-refractivity contribution is -0.121. The van der Waals surface area contributed by atoms with E-state index in [9.17, 15) is 9.59 Å². The molecule has 0 aliphatic carbocycles. The van der Waals surface area contributed by atoms with Crippen LogP contribution in [0.25, 0.3) is 0 Å². The van der Waals surface area contributed by atoms with Crippen LogP contribution in [-0.4, -0.2) is 48.7 Å². The van der Waals surface area contributed by atoms with E-state index in [4.69, 9.17) is 9.47 Å². The molecule has 148 valence electrons. The van der Waals surface area contributed by atoms with Gasteiger partial charge in [0.15, 0.2) is 12.4 Å². The number of rotatable bonds is 2. The lowest BCUT2D eigenvalue weighted by atomic mass is 10.00.